The largest absolute Gasteiger partial charge is 0.497 e. The molecule has 186 valence electrons. The van der Waals surface area contributed by atoms with Gasteiger partial charge in [-0.1, -0.05) is 24.3 Å². The highest BCUT2D eigenvalue weighted by molar-refractivity contribution is 5.98. The van der Waals surface area contributed by atoms with Crippen molar-refractivity contribution in [1.82, 2.24) is 15.4 Å². The number of pyridine rings is 1. The number of halogens is 3. The number of ether oxygens (including phenoxy) is 2. The number of hydroxylamine groups is 1. The normalized spacial score (nSPS) is 11.1. The number of hydrogen-bond acceptors (Lipinski definition) is 8. The zero-order chi connectivity index (χ0) is 25.7. The maximum absolute atomic E-state index is 12.8. The van der Waals surface area contributed by atoms with Crippen LogP contribution in [0.2, 0.25) is 0 Å². The molecule has 9 nitrogen and oxygen atoms in total. The van der Waals surface area contributed by atoms with E-state index >= 15 is 0 Å². The maximum atomic E-state index is 12.8. The number of methoxy groups -OCH3 is 1. The Morgan fingerprint density at radius 1 is 1.06 bits per heavy atom. The van der Waals surface area contributed by atoms with Gasteiger partial charge in [-0.2, -0.15) is 13.2 Å². The lowest BCUT2D eigenvalue weighted by atomic mass is 10.1. The molecule has 0 bridgehead atoms. The summed E-state index contributed by atoms with van der Waals surface area (Å²) in [6.45, 7) is 0.181. The van der Waals surface area contributed by atoms with Crippen molar-refractivity contribution in [3.63, 3.8) is 0 Å². The smallest absolute Gasteiger partial charge is 0.416 e. The first kappa shape index (κ1) is 24.5. The minimum absolute atomic E-state index is 0.0266. The van der Waals surface area contributed by atoms with Crippen molar-refractivity contribution in [2.24, 2.45) is 0 Å². The summed E-state index contributed by atoms with van der Waals surface area (Å²) in [6.07, 6.45) is -1.71. The third-order valence-electron chi connectivity index (χ3n) is 5.04. The number of amidine groups is 1. The zero-order valence-electron chi connectivity index (χ0n) is 18.8. The Bertz CT molecular complexity index is 1340. The van der Waals surface area contributed by atoms with Gasteiger partial charge in [0.1, 0.15) is 23.9 Å². The highest BCUT2D eigenvalue weighted by Crippen LogP contribution is 2.32. The molecule has 0 saturated heterocycles. The first-order valence-corrected chi connectivity index (χ1v) is 10.4. The van der Waals surface area contributed by atoms with Gasteiger partial charge < -0.3 is 13.9 Å². The number of aromatic nitrogens is 2. The number of anilines is 2. The Balaban J connectivity index is 1.48. The second-order valence-electron chi connectivity index (χ2n) is 7.42. The van der Waals surface area contributed by atoms with Crippen LogP contribution >= 0.6 is 0 Å². The standard InChI is InChI=1S/C24H20F3N5O4/c1-34-17-8-2-14(3-9-17)13-35-20-12-29-21(10-18(20)22(28)32-33)31-23-30-11-19(36-23)15-4-6-16(7-5-15)24(25,26)27/h2-12,33H,13H2,1H3,(H2,28,32)(H,29,30,31). The number of hydrogen-bond donors (Lipinski definition) is 4. The second kappa shape index (κ2) is 10.4. The first-order chi connectivity index (χ1) is 17.3. The van der Waals surface area contributed by atoms with Crippen molar-refractivity contribution < 1.29 is 32.3 Å². The third kappa shape index (κ3) is 5.73. The predicted molar refractivity (Wildman–Crippen MR) is 124 cm³/mol. The summed E-state index contributed by atoms with van der Waals surface area (Å²) in [7, 11) is 1.57. The fourth-order valence-electron chi connectivity index (χ4n) is 3.16. The van der Waals surface area contributed by atoms with Gasteiger partial charge in [0, 0.05) is 5.56 Å². The summed E-state index contributed by atoms with van der Waals surface area (Å²) in [6, 6.07) is 13.2. The lowest BCUT2D eigenvalue weighted by molar-refractivity contribution is -0.137. The molecule has 0 saturated carbocycles. The van der Waals surface area contributed by atoms with E-state index in [1.807, 2.05) is 12.1 Å². The van der Waals surface area contributed by atoms with Gasteiger partial charge >= 0.3 is 12.2 Å². The van der Waals surface area contributed by atoms with Crippen molar-refractivity contribution in [2.45, 2.75) is 12.8 Å². The molecule has 2 heterocycles. The summed E-state index contributed by atoms with van der Waals surface area (Å²) in [5.41, 5.74) is 2.47. The van der Waals surface area contributed by atoms with Gasteiger partial charge in [0.2, 0.25) is 0 Å². The van der Waals surface area contributed by atoms with Crippen LogP contribution in [0, 0.1) is 5.41 Å². The van der Waals surface area contributed by atoms with E-state index in [0.717, 1.165) is 17.7 Å². The van der Waals surface area contributed by atoms with Crippen LogP contribution in [-0.4, -0.2) is 28.1 Å². The van der Waals surface area contributed by atoms with Gasteiger partial charge in [0.25, 0.3) is 0 Å². The van der Waals surface area contributed by atoms with Gasteiger partial charge in [-0.15, -0.1) is 0 Å². The summed E-state index contributed by atoms with van der Waals surface area (Å²) in [5, 5.41) is 20.0. The van der Waals surface area contributed by atoms with Crippen LogP contribution in [0.3, 0.4) is 0 Å². The molecule has 2 aromatic carbocycles. The molecule has 2 aromatic heterocycles. The molecule has 0 fully saturated rings. The van der Waals surface area contributed by atoms with Gasteiger partial charge in [0.05, 0.1) is 30.6 Å². The van der Waals surface area contributed by atoms with E-state index in [0.29, 0.717) is 11.3 Å². The number of nitrogens with zero attached hydrogens (tertiary/aromatic N) is 2. The zero-order valence-corrected chi connectivity index (χ0v) is 18.8. The number of oxazole rings is 1. The molecule has 0 aliphatic rings. The molecule has 0 atom stereocenters. The van der Waals surface area contributed by atoms with E-state index in [9.17, 15) is 18.4 Å². The highest BCUT2D eigenvalue weighted by atomic mass is 19.4. The van der Waals surface area contributed by atoms with Crippen LogP contribution in [0.1, 0.15) is 16.7 Å². The van der Waals surface area contributed by atoms with E-state index in [2.05, 4.69) is 15.3 Å². The fourth-order valence-corrected chi connectivity index (χ4v) is 3.16. The fraction of sp³-hybridized carbons (Fsp3) is 0.125. The molecule has 0 aliphatic heterocycles. The summed E-state index contributed by atoms with van der Waals surface area (Å²) in [4.78, 5) is 8.29. The summed E-state index contributed by atoms with van der Waals surface area (Å²) >= 11 is 0. The molecule has 0 amide bonds. The number of rotatable bonds is 8. The molecule has 36 heavy (non-hydrogen) atoms. The Hall–Kier alpha value is -4.58. The van der Waals surface area contributed by atoms with Crippen molar-refractivity contribution in [3.8, 4) is 22.8 Å². The Morgan fingerprint density at radius 2 is 1.78 bits per heavy atom. The van der Waals surface area contributed by atoms with Crippen LogP contribution in [-0.2, 0) is 12.8 Å². The number of nitrogens with one attached hydrogen (secondary N) is 3. The molecule has 0 unspecified atom stereocenters. The second-order valence-corrected chi connectivity index (χ2v) is 7.42. The van der Waals surface area contributed by atoms with Gasteiger partial charge in [-0.3, -0.25) is 21.4 Å². The summed E-state index contributed by atoms with van der Waals surface area (Å²) in [5.74, 6) is 1.08. The van der Waals surface area contributed by atoms with Gasteiger partial charge in [-0.25, -0.2) is 9.97 Å². The first-order valence-electron chi connectivity index (χ1n) is 10.4. The van der Waals surface area contributed by atoms with E-state index in [-0.39, 0.29) is 41.3 Å². The van der Waals surface area contributed by atoms with Crippen LogP contribution in [0.4, 0.5) is 25.0 Å². The highest BCUT2D eigenvalue weighted by Gasteiger charge is 2.30. The van der Waals surface area contributed by atoms with Crippen molar-refractivity contribution >= 4 is 17.7 Å². The average molecular weight is 499 g/mol. The average Bonchev–Trinajstić information content (AvgIpc) is 3.35. The SMILES string of the molecule is COc1ccc(COc2cnc(Nc3ncc(-c4ccc(C(F)(F)F)cc4)o3)cc2C(=N)NO)cc1. The molecule has 4 aromatic rings. The van der Waals surface area contributed by atoms with Gasteiger partial charge in [-0.05, 0) is 35.9 Å². The molecule has 4 rings (SSSR count). The lowest BCUT2D eigenvalue weighted by Gasteiger charge is -2.13. The lowest BCUT2D eigenvalue weighted by Crippen LogP contribution is -2.20. The number of alkyl halides is 3. The van der Waals surface area contributed by atoms with Crippen LogP contribution < -0.4 is 20.3 Å². The van der Waals surface area contributed by atoms with Crippen LogP contribution in [0.5, 0.6) is 11.5 Å². The molecular weight excluding hydrogens is 479 g/mol. The maximum Gasteiger partial charge on any atom is 0.416 e. The third-order valence-corrected chi connectivity index (χ3v) is 5.04. The molecule has 4 N–H and O–H groups in total. The molecule has 0 aliphatic carbocycles. The van der Waals surface area contributed by atoms with Gasteiger partial charge in [0.15, 0.2) is 11.6 Å². The number of benzene rings is 2. The summed E-state index contributed by atoms with van der Waals surface area (Å²) < 4.78 is 54.8. The Labute approximate surface area is 203 Å². The topological polar surface area (TPSA) is 126 Å². The predicted octanol–water partition coefficient (Wildman–Crippen LogP) is 5.39. The molecular formula is C24H20F3N5O4. The van der Waals surface area contributed by atoms with Crippen molar-refractivity contribution in [1.29, 1.82) is 5.41 Å². The van der Waals surface area contributed by atoms with E-state index in [4.69, 9.17) is 19.3 Å². The van der Waals surface area contributed by atoms with Crippen molar-refractivity contribution in [2.75, 3.05) is 12.4 Å². The minimum Gasteiger partial charge on any atom is -0.497 e. The van der Waals surface area contributed by atoms with E-state index in [1.54, 1.807) is 24.7 Å². The monoisotopic (exact) mass is 499 g/mol. The van der Waals surface area contributed by atoms with Crippen molar-refractivity contribution in [3.05, 3.63) is 83.7 Å². The van der Waals surface area contributed by atoms with E-state index < -0.39 is 11.7 Å². The molecule has 0 radical (unpaired) electrons. The Kier molecular flexibility index (Phi) is 7.06. The van der Waals surface area contributed by atoms with Crippen LogP contribution in [0.25, 0.3) is 11.3 Å². The van der Waals surface area contributed by atoms with E-state index in [1.165, 1.54) is 30.6 Å². The molecule has 0 spiro atoms. The quantitative estimate of drug-likeness (QED) is 0.144. The Morgan fingerprint density at radius 3 is 2.42 bits per heavy atom. The molecule has 12 heteroatoms. The van der Waals surface area contributed by atoms with Crippen LogP contribution in [0.15, 0.2) is 71.4 Å². The minimum atomic E-state index is -4.43.